The van der Waals surface area contributed by atoms with Crippen molar-refractivity contribution in [2.45, 2.75) is 26.1 Å². The van der Waals surface area contributed by atoms with E-state index in [1.165, 1.54) is 0 Å². The van der Waals surface area contributed by atoms with Crippen LogP contribution < -0.4 is 5.32 Å². The van der Waals surface area contributed by atoms with Gasteiger partial charge in [-0.15, -0.1) is 0 Å². The molecule has 6 heteroatoms. The Bertz CT molecular complexity index is 551. The number of benzene rings is 1. The molecule has 2 rings (SSSR count). The van der Waals surface area contributed by atoms with E-state index in [9.17, 15) is 5.11 Å². The fourth-order valence-corrected chi connectivity index (χ4v) is 2.60. The fourth-order valence-electron chi connectivity index (χ4n) is 1.95. The number of rotatable bonds is 6. The molecule has 0 amide bonds. The van der Waals surface area contributed by atoms with E-state index in [0.29, 0.717) is 28.7 Å². The maximum atomic E-state index is 10.2. The third kappa shape index (κ3) is 3.73. The summed E-state index contributed by atoms with van der Waals surface area (Å²) in [5.41, 5.74) is 1.64. The Hall–Kier alpha value is -1.07. The fraction of sp³-hybridized carbons (Fsp3) is 0.357. The molecule has 0 aliphatic carbocycles. The van der Waals surface area contributed by atoms with Gasteiger partial charge in [0.15, 0.2) is 0 Å². The van der Waals surface area contributed by atoms with Gasteiger partial charge in [-0.05, 0) is 19.1 Å². The Morgan fingerprint density at radius 3 is 2.65 bits per heavy atom. The van der Waals surface area contributed by atoms with Crippen molar-refractivity contribution in [1.29, 1.82) is 0 Å². The summed E-state index contributed by atoms with van der Waals surface area (Å²) < 4.78 is 1.86. The lowest BCUT2D eigenvalue weighted by Crippen LogP contribution is -2.21. The molecule has 1 atom stereocenters. The number of hydrogen-bond donors (Lipinski definition) is 2. The largest absolute Gasteiger partial charge is 0.387 e. The molecular formula is C14H17Cl2N3O. The third-order valence-corrected chi connectivity index (χ3v) is 3.67. The van der Waals surface area contributed by atoms with Crippen LogP contribution in [0.3, 0.4) is 0 Å². The molecule has 1 heterocycles. The minimum absolute atomic E-state index is 0.376. The molecule has 20 heavy (non-hydrogen) atoms. The summed E-state index contributed by atoms with van der Waals surface area (Å²) in [4.78, 5) is 0. The maximum absolute atomic E-state index is 10.2. The van der Waals surface area contributed by atoms with Crippen LogP contribution >= 0.6 is 23.2 Å². The highest BCUT2D eigenvalue weighted by Gasteiger charge is 2.14. The summed E-state index contributed by atoms with van der Waals surface area (Å²) in [6, 6.07) is 5.20. The van der Waals surface area contributed by atoms with E-state index >= 15 is 0 Å². The van der Waals surface area contributed by atoms with Gasteiger partial charge in [0.05, 0.1) is 12.3 Å². The molecule has 1 unspecified atom stereocenters. The summed E-state index contributed by atoms with van der Waals surface area (Å²) in [5.74, 6) is 0. The van der Waals surface area contributed by atoms with Crippen LogP contribution in [-0.2, 0) is 13.1 Å². The molecule has 0 saturated carbocycles. The van der Waals surface area contributed by atoms with E-state index < -0.39 is 6.10 Å². The van der Waals surface area contributed by atoms with Crippen LogP contribution in [0.4, 0.5) is 0 Å². The zero-order valence-electron chi connectivity index (χ0n) is 11.2. The van der Waals surface area contributed by atoms with Crippen molar-refractivity contribution in [3.8, 4) is 0 Å². The van der Waals surface area contributed by atoms with Gasteiger partial charge in [0.1, 0.15) is 0 Å². The number of aryl methyl sites for hydroxylation is 1. The second kappa shape index (κ2) is 7.09. The first kappa shape index (κ1) is 15.3. The van der Waals surface area contributed by atoms with Gasteiger partial charge in [-0.1, -0.05) is 29.3 Å². The zero-order chi connectivity index (χ0) is 14.5. The van der Waals surface area contributed by atoms with Crippen LogP contribution in [0, 0.1) is 0 Å². The van der Waals surface area contributed by atoms with Crippen LogP contribution in [0.2, 0.25) is 10.0 Å². The van der Waals surface area contributed by atoms with Crippen molar-refractivity contribution in [1.82, 2.24) is 15.1 Å². The summed E-state index contributed by atoms with van der Waals surface area (Å²) >= 11 is 12.1. The molecule has 0 fully saturated rings. The van der Waals surface area contributed by atoms with Crippen molar-refractivity contribution in [3.63, 3.8) is 0 Å². The third-order valence-electron chi connectivity index (χ3n) is 3.01. The van der Waals surface area contributed by atoms with Crippen molar-refractivity contribution in [2.75, 3.05) is 6.54 Å². The molecule has 4 nitrogen and oxygen atoms in total. The highest BCUT2D eigenvalue weighted by Crippen LogP contribution is 2.29. The molecular weight excluding hydrogens is 297 g/mol. The predicted molar refractivity (Wildman–Crippen MR) is 81.0 cm³/mol. The normalized spacial score (nSPS) is 12.6. The Morgan fingerprint density at radius 1 is 1.35 bits per heavy atom. The lowest BCUT2D eigenvalue weighted by atomic mass is 10.1. The summed E-state index contributed by atoms with van der Waals surface area (Å²) in [6.45, 7) is 3.89. The molecule has 108 valence electrons. The smallest absolute Gasteiger partial charge is 0.0943 e. The summed E-state index contributed by atoms with van der Waals surface area (Å²) in [7, 11) is 0. The number of aliphatic hydroxyl groups excluding tert-OH is 1. The van der Waals surface area contributed by atoms with Gasteiger partial charge >= 0.3 is 0 Å². The Balaban J connectivity index is 1.90. The lowest BCUT2D eigenvalue weighted by molar-refractivity contribution is 0.174. The van der Waals surface area contributed by atoms with E-state index in [4.69, 9.17) is 23.2 Å². The van der Waals surface area contributed by atoms with E-state index in [1.54, 1.807) is 18.2 Å². The summed E-state index contributed by atoms with van der Waals surface area (Å²) in [6.07, 6.45) is 3.05. The van der Waals surface area contributed by atoms with Crippen molar-refractivity contribution in [3.05, 3.63) is 51.8 Å². The van der Waals surface area contributed by atoms with Gasteiger partial charge in [0.2, 0.25) is 0 Å². The van der Waals surface area contributed by atoms with Crippen molar-refractivity contribution in [2.24, 2.45) is 0 Å². The molecule has 0 aliphatic heterocycles. The maximum Gasteiger partial charge on any atom is 0.0943 e. The molecule has 0 saturated heterocycles. The van der Waals surface area contributed by atoms with Gasteiger partial charge in [0, 0.05) is 47.0 Å². The first-order valence-corrected chi connectivity index (χ1v) is 7.21. The quantitative estimate of drug-likeness (QED) is 0.862. The molecule has 0 spiro atoms. The van der Waals surface area contributed by atoms with Crippen LogP contribution in [0.5, 0.6) is 0 Å². The second-order valence-electron chi connectivity index (χ2n) is 4.49. The molecule has 0 radical (unpaired) electrons. The number of halogens is 2. The molecule has 2 N–H and O–H groups in total. The van der Waals surface area contributed by atoms with Crippen LogP contribution in [0.15, 0.2) is 30.6 Å². The average molecular weight is 314 g/mol. The second-order valence-corrected chi connectivity index (χ2v) is 5.30. The average Bonchev–Trinajstić information content (AvgIpc) is 2.86. The van der Waals surface area contributed by atoms with Crippen molar-refractivity contribution < 1.29 is 5.11 Å². The predicted octanol–water partition coefficient (Wildman–Crippen LogP) is 3.03. The molecule has 0 bridgehead atoms. The highest BCUT2D eigenvalue weighted by atomic mass is 35.5. The SMILES string of the molecule is CCn1cc(CNCC(O)c2c(Cl)cccc2Cl)cn1. The van der Waals surface area contributed by atoms with E-state index in [2.05, 4.69) is 10.4 Å². The summed E-state index contributed by atoms with van der Waals surface area (Å²) in [5, 5.41) is 18.5. The number of nitrogens with zero attached hydrogens (tertiary/aromatic N) is 2. The van der Waals surface area contributed by atoms with Crippen molar-refractivity contribution >= 4 is 23.2 Å². The van der Waals surface area contributed by atoms with Gasteiger partial charge in [0.25, 0.3) is 0 Å². The molecule has 0 aliphatic rings. The number of nitrogens with one attached hydrogen (secondary N) is 1. The van der Waals surface area contributed by atoms with E-state index in [1.807, 2.05) is 24.0 Å². The number of aromatic nitrogens is 2. The van der Waals surface area contributed by atoms with Crippen LogP contribution in [0.25, 0.3) is 0 Å². The first-order valence-electron chi connectivity index (χ1n) is 6.45. The van der Waals surface area contributed by atoms with Gasteiger partial charge in [-0.3, -0.25) is 4.68 Å². The highest BCUT2D eigenvalue weighted by molar-refractivity contribution is 6.36. The first-order chi connectivity index (χ1) is 9.61. The van der Waals surface area contributed by atoms with Gasteiger partial charge < -0.3 is 10.4 Å². The monoisotopic (exact) mass is 313 g/mol. The molecule has 2 aromatic rings. The number of aliphatic hydroxyl groups is 1. The van der Waals surface area contributed by atoms with Gasteiger partial charge in [-0.25, -0.2) is 0 Å². The zero-order valence-corrected chi connectivity index (χ0v) is 12.7. The Labute approximate surface area is 128 Å². The topological polar surface area (TPSA) is 50.1 Å². The Morgan fingerprint density at radius 2 is 2.05 bits per heavy atom. The van der Waals surface area contributed by atoms with Crippen LogP contribution in [0.1, 0.15) is 24.2 Å². The van der Waals surface area contributed by atoms with Gasteiger partial charge in [-0.2, -0.15) is 5.10 Å². The standard InChI is InChI=1S/C14H17Cl2N3O/c1-2-19-9-10(7-18-19)6-17-8-13(20)14-11(15)4-3-5-12(14)16/h3-5,7,9,13,17,20H,2,6,8H2,1H3. The minimum Gasteiger partial charge on any atom is -0.387 e. The Kier molecular flexibility index (Phi) is 5.43. The molecule has 1 aromatic heterocycles. The van der Waals surface area contributed by atoms with Crippen LogP contribution in [-0.4, -0.2) is 21.4 Å². The minimum atomic E-state index is -0.738. The number of hydrogen-bond acceptors (Lipinski definition) is 3. The van der Waals surface area contributed by atoms with E-state index in [-0.39, 0.29) is 0 Å². The molecule has 1 aromatic carbocycles. The van der Waals surface area contributed by atoms with E-state index in [0.717, 1.165) is 12.1 Å². The lowest BCUT2D eigenvalue weighted by Gasteiger charge is -2.14.